The van der Waals surface area contributed by atoms with Crippen LogP contribution in [-0.2, 0) is 21.4 Å². The van der Waals surface area contributed by atoms with Gasteiger partial charge in [-0.1, -0.05) is 60.7 Å². The molecule has 1 atom stereocenters. The molecule has 8 nitrogen and oxygen atoms in total. The average molecular weight is 533 g/mol. The van der Waals surface area contributed by atoms with Crippen LogP contribution in [0.1, 0.15) is 16.7 Å². The van der Waals surface area contributed by atoms with Crippen LogP contribution in [0.2, 0.25) is 0 Å². The SMILES string of the molecule is Cc1ccc(C)c(N2CCN(C(=O)C3CN(S(=O)(=O)c4ccccc4)C(=O)N3Cc3ccccc3)CC2)c1. The third-order valence-corrected chi connectivity index (χ3v) is 9.04. The Bertz CT molecular complexity index is 1420. The van der Waals surface area contributed by atoms with Crippen molar-refractivity contribution in [1.82, 2.24) is 14.1 Å². The summed E-state index contributed by atoms with van der Waals surface area (Å²) in [5.74, 6) is -0.222. The number of hydrogen-bond donors (Lipinski definition) is 0. The number of urea groups is 1. The zero-order valence-corrected chi connectivity index (χ0v) is 22.5. The number of aryl methyl sites for hydroxylation is 2. The Balaban J connectivity index is 1.37. The number of carbonyl (C=O) groups is 2. The maximum absolute atomic E-state index is 13.8. The van der Waals surface area contributed by atoms with Crippen molar-refractivity contribution in [2.75, 3.05) is 37.6 Å². The van der Waals surface area contributed by atoms with Crippen molar-refractivity contribution in [3.05, 3.63) is 95.6 Å². The van der Waals surface area contributed by atoms with E-state index in [1.54, 1.807) is 23.1 Å². The molecule has 0 aliphatic carbocycles. The maximum Gasteiger partial charge on any atom is 0.335 e. The Morgan fingerprint density at radius 3 is 2.16 bits per heavy atom. The van der Waals surface area contributed by atoms with Crippen molar-refractivity contribution >= 4 is 27.6 Å². The lowest BCUT2D eigenvalue weighted by atomic mass is 10.1. The largest absolute Gasteiger partial charge is 0.368 e. The molecule has 38 heavy (non-hydrogen) atoms. The van der Waals surface area contributed by atoms with Crippen molar-refractivity contribution in [2.45, 2.75) is 31.3 Å². The molecule has 0 spiro atoms. The monoisotopic (exact) mass is 532 g/mol. The fourth-order valence-electron chi connectivity index (χ4n) is 5.14. The van der Waals surface area contributed by atoms with Crippen LogP contribution in [-0.4, -0.2) is 73.2 Å². The smallest absolute Gasteiger partial charge is 0.335 e. The molecule has 2 aliphatic rings. The molecule has 198 valence electrons. The molecule has 1 unspecified atom stereocenters. The molecular weight excluding hydrogens is 500 g/mol. The highest BCUT2D eigenvalue weighted by Gasteiger charge is 2.48. The minimum Gasteiger partial charge on any atom is -0.368 e. The summed E-state index contributed by atoms with van der Waals surface area (Å²) < 4.78 is 27.6. The number of amides is 3. The van der Waals surface area contributed by atoms with E-state index in [1.165, 1.54) is 33.8 Å². The second kappa shape index (κ2) is 10.5. The fourth-order valence-corrected chi connectivity index (χ4v) is 6.54. The molecule has 0 N–H and O–H groups in total. The van der Waals surface area contributed by atoms with E-state index in [1.807, 2.05) is 30.3 Å². The van der Waals surface area contributed by atoms with Gasteiger partial charge in [0.25, 0.3) is 10.0 Å². The first-order chi connectivity index (χ1) is 18.3. The van der Waals surface area contributed by atoms with Gasteiger partial charge in [-0.3, -0.25) is 4.79 Å². The molecule has 2 aliphatic heterocycles. The molecule has 3 amide bonds. The molecule has 0 bridgehead atoms. The van der Waals surface area contributed by atoms with Gasteiger partial charge >= 0.3 is 6.03 Å². The molecule has 0 aromatic heterocycles. The van der Waals surface area contributed by atoms with Crippen LogP contribution in [0.3, 0.4) is 0 Å². The Labute approximate surface area is 224 Å². The number of piperazine rings is 1. The third kappa shape index (κ3) is 4.98. The van der Waals surface area contributed by atoms with Crippen LogP contribution >= 0.6 is 0 Å². The molecule has 0 saturated carbocycles. The van der Waals surface area contributed by atoms with Gasteiger partial charge in [0, 0.05) is 38.4 Å². The van der Waals surface area contributed by atoms with Crippen molar-refractivity contribution in [3.8, 4) is 0 Å². The number of hydrogen-bond acceptors (Lipinski definition) is 5. The van der Waals surface area contributed by atoms with Crippen LogP contribution in [0, 0.1) is 13.8 Å². The Morgan fingerprint density at radius 2 is 1.50 bits per heavy atom. The van der Waals surface area contributed by atoms with Crippen molar-refractivity contribution < 1.29 is 18.0 Å². The van der Waals surface area contributed by atoms with E-state index < -0.39 is 22.1 Å². The van der Waals surface area contributed by atoms with Crippen LogP contribution in [0.15, 0.2) is 83.8 Å². The normalized spacial score (nSPS) is 18.3. The van der Waals surface area contributed by atoms with E-state index in [0.29, 0.717) is 26.2 Å². The van der Waals surface area contributed by atoms with E-state index >= 15 is 0 Å². The maximum atomic E-state index is 13.8. The lowest BCUT2D eigenvalue weighted by Crippen LogP contribution is -2.54. The predicted molar refractivity (Wildman–Crippen MR) is 146 cm³/mol. The second-order valence-corrected chi connectivity index (χ2v) is 11.7. The van der Waals surface area contributed by atoms with E-state index in [-0.39, 0.29) is 23.9 Å². The first-order valence-electron chi connectivity index (χ1n) is 12.8. The summed E-state index contributed by atoms with van der Waals surface area (Å²) in [4.78, 5) is 32.8. The summed E-state index contributed by atoms with van der Waals surface area (Å²) in [5, 5.41) is 0. The summed E-state index contributed by atoms with van der Waals surface area (Å²) in [6, 6.07) is 22.0. The summed E-state index contributed by atoms with van der Waals surface area (Å²) >= 11 is 0. The highest BCUT2D eigenvalue weighted by Crippen LogP contribution is 2.28. The molecule has 2 saturated heterocycles. The first-order valence-corrected chi connectivity index (χ1v) is 14.2. The van der Waals surface area contributed by atoms with E-state index in [9.17, 15) is 18.0 Å². The second-order valence-electron chi connectivity index (χ2n) is 9.86. The van der Waals surface area contributed by atoms with Crippen molar-refractivity contribution in [3.63, 3.8) is 0 Å². The molecular formula is C29H32N4O4S. The van der Waals surface area contributed by atoms with Crippen molar-refractivity contribution in [1.29, 1.82) is 0 Å². The minimum absolute atomic E-state index is 0.0308. The number of rotatable bonds is 6. The number of benzene rings is 3. The van der Waals surface area contributed by atoms with Crippen LogP contribution in [0.4, 0.5) is 10.5 Å². The number of anilines is 1. The van der Waals surface area contributed by atoms with Gasteiger partial charge in [-0.2, -0.15) is 0 Å². The summed E-state index contributed by atoms with van der Waals surface area (Å²) in [5.41, 5.74) is 4.37. The summed E-state index contributed by atoms with van der Waals surface area (Å²) in [6.07, 6.45) is 0. The Morgan fingerprint density at radius 1 is 0.868 bits per heavy atom. The van der Waals surface area contributed by atoms with Gasteiger partial charge < -0.3 is 14.7 Å². The van der Waals surface area contributed by atoms with Gasteiger partial charge in [0.15, 0.2) is 0 Å². The molecule has 3 aromatic rings. The highest BCUT2D eigenvalue weighted by molar-refractivity contribution is 7.89. The Kier molecular flexibility index (Phi) is 7.12. The lowest BCUT2D eigenvalue weighted by Gasteiger charge is -2.38. The molecule has 0 radical (unpaired) electrons. The van der Waals surface area contributed by atoms with Gasteiger partial charge in [-0.15, -0.1) is 0 Å². The van der Waals surface area contributed by atoms with Crippen molar-refractivity contribution in [2.24, 2.45) is 0 Å². The van der Waals surface area contributed by atoms with E-state index in [4.69, 9.17) is 0 Å². The van der Waals surface area contributed by atoms with E-state index in [2.05, 4.69) is 36.9 Å². The topological polar surface area (TPSA) is 81.2 Å². The standard InChI is InChI=1S/C29H32N4O4S/c1-22-13-14-23(2)26(19-22)30-15-17-31(18-16-30)28(34)27-21-33(38(36,37)25-11-7-4-8-12-25)29(35)32(27)20-24-9-5-3-6-10-24/h3-14,19,27H,15-18,20-21H2,1-2H3. The zero-order chi connectivity index (χ0) is 26.9. The summed E-state index contributed by atoms with van der Waals surface area (Å²) in [6.45, 7) is 6.43. The predicted octanol–water partition coefficient (Wildman–Crippen LogP) is 3.65. The molecule has 2 heterocycles. The van der Waals surface area contributed by atoms with Gasteiger partial charge in [-0.25, -0.2) is 17.5 Å². The van der Waals surface area contributed by atoms with E-state index in [0.717, 1.165) is 9.87 Å². The first kappa shape index (κ1) is 25.8. The van der Waals surface area contributed by atoms with Gasteiger partial charge in [0.2, 0.25) is 5.91 Å². The summed E-state index contributed by atoms with van der Waals surface area (Å²) in [7, 11) is -4.10. The number of nitrogens with zero attached hydrogens (tertiary/aromatic N) is 4. The van der Waals surface area contributed by atoms with Gasteiger partial charge in [-0.05, 0) is 48.7 Å². The number of sulfonamides is 1. The Hall–Kier alpha value is -3.85. The zero-order valence-electron chi connectivity index (χ0n) is 21.7. The third-order valence-electron chi connectivity index (χ3n) is 7.28. The molecule has 2 fully saturated rings. The van der Waals surface area contributed by atoms with Gasteiger partial charge in [0.1, 0.15) is 6.04 Å². The fraction of sp³-hybridized carbons (Fsp3) is 0.310. The lowest BCUT2D eigenvalue weighted by molar-refractivity contribution is -0.135. The average Bonchev–Trinajstić information content (AvgIpc) is 3.27. The van der Waals surface area contributed by atoms with Crippen LogP contribution in [0.5, 0.6) is 0 Å². The minimum atomic E-state index is -4.10. The highest BCUT2D eigenvalue weighted by atomic mass is 32.2. The van der Waals surface area contributed by atoms with Crippen LogP contribution in [0.25, 0.3) is 0 Å². The quantitative estimate of drug-likeness (QED) is 0.484. The molecule has 3 aromatic carbocycles. The molecule has 9 heteroatoms. The number of carbonyl (C=O) groups excluding carboxylic acids is 2. The molecule has 5 rings (SSSR count). The van der Waals surface area contributed by atoms with Crippen LogP contribution < -0.4 is 4.90 Å². The van der Waals surface area contributed by atoms with Gasteiger partial charge in [0.05, 0.1) is 11.4 Å².